The molecule has 0 atom stereocenters. The van der Waals surface area contributed by atoms with Gasteiger partial charge in [-0.25, -0.2) is 4.98 Å². The Morgan fingerprint density at radius 1 is 1.21 bits per heavy atom. The zero-order valence-corrected chi connectivity index (χ0v) is 17.6. The van der Waals surface area contributed by atoms with Crippen LogP contribution in [0.3, 0.4) is 0 Å². The van der Waals surface area contributed by atoms with Crippen LogP contribution in [-0.2, 0) is 26.4 Å². The number of aliphatic imine (C=N–C) groups is 1. The van der Waals surface area contributed by atoms with Crippen LogP contribution in [0.15, 0.2) is 29.4 Å². The van der Waals surface area contributed by atoms with E-state index in [9.17, 15) is 0 Å². The summed E-state index contributed by atoms with van der Waals surface area (Å²) in [5.74, 6) is 1.93. The highest BCUT2D eigenvalue weighted by atomic mass is 15.3. The smallest absolute Gasteiger partial charge is 0.191 e. The van der Waals surface area contributed by atoms with E-state index in [1.54, 1.807) is 0 Å². The van der Waals surface area contributed by atoms with E-state index in [0.29, 0.717) is 6.04 Å². The standard InChI is InChI=1S/C21H33N7/c1-5-18-17(19(6-2)27(4)26-18)15-24-21(22-3)25-16-10-13-28(14-11-16)20-9-7-8-12-23-20/h7-9,12,16H,5-6,10-11,13-15H2,1-4H3,(H2,22,24,25). The number of anilines is 1. The Morgan fingerprint density at radius 2 is 2.00 bits per heavy atom. The summed E-state index contributed by atoms with van der Waals surface area (Å²) in [6.07, 6.45) is 5.94. The largest absolute Gasteiger partial charge is 0.356 e. The molecule has 0 amide bonds. The molecular formula is C21H33N7. The van der Waals surface area contributed by atoms with E-state index in [-0.39, 0.29) is 0 Å². The van der Waals surface area contributed by atoms with E-state index in [2.05, 4.69) is 50.5 Å². The molecule has 0 unspecified atom stereocenters. The maximum atomic E-state index is 4.66. The van der Waals surface area contributed by atoms with Crippen molar-refractivity contribution in [1.82, 2.24) is 25.4 Å². The highest BCUT2D eigenvalue weighted by Gasteiger charge is 2.21. The van der Waals surface area contributed by atoms with Gasteiger partial charge in [-0.1, -0.05) is 19.9 Å². The van der Waals surface area contributed by atoms with E-state index < -0.39 is 0 Å². The highest BCUT2D eigenvalue weighted by Crippen LogP contribution is 2.18. The predicted octanol–water partition coefficient (Wildman–Crippen LogP) is 2.27. The number of hydrogen-bond donors (Lipinski definition) is 2. The third kappa shape index (κ3) is 4.64. The second kappa shape index (κ2) is 9.57. The van der Waals surface area contributed by atoms with Gasteiger partial charge in [0.15, 0.2) is 5.96 Å². The Bertz CT molecular complexity index is 774. The summed E-state index contributed by atoms with van der Waals surface area (Å²) in [5, 5.41) is 11.8. The van der Waals surface area contributed by atoms with Gasteiger partial charge >= 0.3 is 0 Å². The third-order valence-electron chi connectivity index (χ3n) is 5.49. The van der Waals surface area contributed by atoms with Gasteiger partial charge < -0.3 is 15.5 Å². The van der Waals surface area contributed by atoms with Crippen LogP contribution in [0.25, 0.3) is 0 Å². The second-order valence-electron chi connectivity index (χ2n) is 7.22. The Kier molecular flexibility index (Phi) is 6.90. The molecule has 0 aromatic carbocycles. The fourth-order valence-corrected chi connectivity index (χ4v) is 3.95. The Hall–Kier alpha value is -2.57. The number of nitrogens with one attached hydrogen (secondary N) is 2. The summed E-state index contributed by atoms with van der Waals surface area (Å²) < 4.78 is 2.01. The molecule has 1 aliphatic rings. The predicted molar refractivity (Wildman–Crippen MR) is 115 cm³/mol. The van der Waals surface area contributed by atoms with Crippen molar-refractivity contribution in [2.75, 3.05) is 25.0 Å². The molecule has 7 nitrogen and oxygen atoms in total. The molecule has 7 heteroatoms. The lowest BCUT2D eigenvalue weighted by molar-refractivity contribution is 0.459. The first kappa shape index (κ1) is 20.2. The van der Waals surface area contributed by atoms with E-state index >= 15 is 0 Å². The molecule has 0 aliphatic carbocycles. The maximum Gasteiger partial charge on any atom is 0.191 e. The van der Waals surface area contributed by atoms with Crippen LogP contribution in [0.1, 0.15) is 43.6 Å². The van der Waals surface area contributed by atoms with Gasteiger partial charge in [0.2, 0.25) is 0 Å². The second-order valence-corrected chi connectivity index (χ2v) is 7.22. The van der Waals surface area contributed by atoms with Crippen LogP contribution in [0.2, 0.25) is 0 Å². The number of pyridine rings is 1. The number of piperidine rings is 1. The van der Waals surface area contributed by atoms with Gasteiger partial charge in [-0.2, -0.15) is 5.10 Å². The van der Waals surface area contributed by atoms with Crippen molar-refractivity contribution >= 4 is 11.8 Å². The van der Waals surface area contributed by atoms with Crippen LogP contribution in [0, 0.1) is 0 Å². The van der Waals surface area contributed by atoms with Crippen LogP contribution >= 0.6 is 0 Å². The minimum Gasteiger partial charge on any atom is -0.356 e. The lowest BCUT2D eigenvalue weighted by atomic mass is 10.1. The maximum absolute atomic E-state index is 4.66. The molecule has 28 heavy (non-hydrogen) atoms. The van der Waals surface area contributed by atoms with E-state index in [1.807, 2.05) is 37.1 Å². The Labute approximate surface area is 168 Å². The molecule has 0 bridgehead atoms. The molecule has 2 aromatic rings. The molecule has 0 spiro atoms. The van der Waals surface area contributed by atoms with E-state index in [1.165, 1.54) is 17.0 Å². The number of aromatic nitrogens is 3. The lowest BCUT2D eigenvalue weighted by Crippen LogP contribution is -2.48. The molecule has 1 saturated heterocycles. The molecule has 2 aromatic heterocycles. The SMILES string of the molecule is CCc1nn(C)c(CC)c1CNC(=NC)NC1CCN(c2ccccn2)CC1. The number of aryl methyl sites for hydroxylation is 2. The van der Waals surface area contributed by atoms with Crippen LogP contribution < -0.4 is 15.5 Å². The fourth-order valence-electron chi connectivity index (χ4n) is 3.95. The zero-order chi connectivity index (χ0) is 19.9. The monoisotopic (exact) mass is 383 g/mol. The third-order valence-corrected chi connectivity index (χ3v) is 5.49. The van der Waals surface area contributed by atoms with Gasteiger partial charge in [0.05, 0.1) is 5.69 Å². The quantitative estimate of drug-likeness (QED) is 0.592. The van der Waals surface area contributed by atoms with Gasteiger partial charge in [-0.05, 0) is 37.8 Å². The first-order valence-electron chi connectivity index (χ1n) is 10.3. The normalized spacial score (nSPS) is 15.7. The average Bonchev–Trinajstić information content (AvgIpc) is 3.06. The molecular weight excluding hydrogens is 350 g/mol. The van der Waals surface area contributed by atoms with Gasteiger partial charge in [0, 0.05) is 57.2 Å². The van der Waals surface area contributed by atoms with Gasteiger partial charge in [-0.15, -0.1) is 0 Å². The van der Waals surface area contributed by atoms with Gasteiger partial charge in [0.1, 0.15) is 5.82 Å². The summed E-state index contributed by atoms with van der Waals surface area (Å²) in [6, 6.07) is 6.52. The van der Waals surface area contributed by atoms with Crippen molar-refractivity contribution in [1.29, 1.82) is 0 Å². The molecule has 3 rings (SSSR count). The summed E-state index contributed by atoms with van der Waals surface area (Å²) in [7, 11) is 3.87. The van der Waals surface area contributed by atoms with Crippen molar-refractivity contribution < 1.29 is 0 Å². The van der Waals surface area contributed by atoms with Gasteiger partial charge in [0.25, 0.3) is 0 Å². The molecule has 2 N–H and O–H groups in total. The van der Waals surface area contributed by atoms with Crippen molar-refractivity contribution in [3.05, 3.63) is 41.3 Å². The number of rotatable bonds is 6. The van der Waals surface area contributed by atoms with Crippen LogP contribution in [-0.4, -0.2) is 46.9 Å². The Morgan fingerprint density at radius 3 is 2.61 bits per heavy atom. The van der Waals surface area contributed by atoms with Crippen molar-refractivity contribution in [3.8, 4) is 0 Å². The molecule has 1 aliphatic heterocycles. The average molecular weight is 384 g/mol. The zero-order valence-electron chi connectivity index (χ0n) is 17.6. The van der Waals surface area contributed by atoms with Crippen molar-refractivity contribution in [2.24, 2.45) is 12.0 Å². The number of hydrogen-bond acceptors (Lipinski definition) is 4. The van der Waals surface area contributed by atoms with Gasteiger partial charge in [-0.3, -0.25) is 9.67 Å². The fraction of sp³-hybridized carbons (Fsp3) is 0.571. The Balaban J connectivity index is 1.54. The number of nitrogens with zero attached hydrogens (tertiary/aromatic N) is 5. The molecule has 0 radical (unpaired) electrons. The van der Waals surface area contributed by atoms with Crippen LogP contribution in [0.5, 0.6) is 0 Å². The van der Waals surface area contributed by atoms with Crippen molar-refractivity contribution in [3.63, 3.8) is 0 Å². The first-order valence-corrected chi connectivity index (χ1v) is 10.3. The lowest BCUT2D eigenvalue weighted by Gasteiger charge is -2.33. The molecule has 3 heterocycles. The van der Waals surface area contributed by atoms with Crippen LogP contribution in [0.4, 0.5) is 5.82 Å². The first-order chi connectivity index (χ1) is 13.7. The topological polar surface area (TPSA) is 70.4 Å². The van der Waals surface area contributed by atoms with E-state index in [4.69, 9.17) is 0 Å². The van der Waals surface area contributed by atoms with Crippen molar-refractivity contribution in [2.45, 2.75) is 52.1 Å². The van der Waals surface area contributed by atoms with E-state index in [0.717, 1.165) is 57.1 Å². The minimum absolute atomic E-state index is 0.427. The molecule has 0 saturated carbocycles. The summed E-state index contributed by atoms with van der Waals surface area (Å²) in [5.41, 5.74) is 3.77. The minimum atomic E-state index is 0.427. The summed E-state index contributed by atoms with van der Waals surface area (Å²) in [4.78, 5) is 11.2. The molecule has 1 fully saturated rings. The summed E-state index contributed by atoms with van der Waals surface area (Å²) >= 11 is 0. The molecule has 152 valence electrons. The number of guanidine groups is 1. The highest BCUT2D eigenvalue weighted by molar-refractivity contribution is 5.80. The summed E-state index contributed by atoms with van der Waals surface area (Å²) in [6.45, 7) is 7.12.